The molecule has 6 heteroatoms. The molecule has 6 nitrogen and oxygen atoms in total. The van der Waals surface area contributed by atoms with Crippen LogP contribution in [0.15, 0.2) is 180 Å². The predicted octanol–water partition coefficient (Wildman–Crippen LogP) is 13.0. The first-order valence-corrected chi connectivity index (χ1v) is 19.2. The van der Waals surface area contributed by atoms with Crippen LogP contribution >= 0.6 is 0 Å². The maximum atomic E-state index is 6.93. The van der Waals surface area contributed by atoms with E-state index >= 15 is 0 Å². The van der Waals surface area contributed by atoms with Gasteiger partial charge in [0.05, 0.1) is 38.5 Å². The van der Waals surface area contributed by atoms with Crippen LogP contribution in [0.5, 0.6) is 0 Å². The van der Waals surface area contributed by atoms with Crippen molar-refractivity contribution in [1.29, 1.82) is 0 Å². The molecular formula is C51H29N5O. The minimum atomic E-state index is 0.619. The smallest absolute Gasteiger partial charge is 0.164 e. The fourth-order valence-electron chi connectivity index (χ4n) is 9.32. The third kappa shape index (κ3) is 4.16. The van der Waals surface area contributed by atoms with Crippen LogP contribution in [0.4, 0.5) is 0 Å². The van der Waals surface area contributed by atoms with Crippen LogP contribution in [0, 0.1) is 0 Å². The first-order valence-electron chi connectivity index (χ1n) is 19.2. The van der Waals surface area contributed by atoms with Gasteiger partial charge in [-0.3, -0.25) is 0 Å². The molecule has 0 fully saturated rings. The topological polar surface area (TPSA) is 60.6 Å². The van der Waals surface area contributed by atoms with Crippen molar-refractivity contribution in [1.82, 2.24) is 23.8 Å². The summed E-state index contributed by atoms with van der Waals surface area (Å²) in [6.45, 7) is 0. The highest BCUT2D eigenvalue weighted by molar-refractivity contribution is 6.30. The molecule has 0 N–H and O–H groups in total. The van der Waals surface area contributed by atoms with E-state index in [4.69, 9.17) is 19.4 Å². The highest BCUT2D eigenvalue weighted by Gasteiger charge is 2.24. The molecule has 5 aromatic heterocycles. The van der Waals surface area contributed by atoms with Crippen LogP contribution in [0.3, 0.4) is 0 Å². The summed E-state index contributed by atoms with van der Waals surface area (Å²) in [5, 5.41) is 8.90. The van der Waals surface area contributed by atoms with Crippen LogP contribution in [-0.2, 0) is 0 Å². The average Bonchev–Trinajstić information content (AvgIpc) is 3.94. The van der Waals surface area contributed by atoms with Crippen molar-refractivity contribution < 1.29 is 4.42 Å². The van der Waals surface area contributed by atoms with E-state index in [9.17, 15) is 0 Å². The predicted molar refractivity (Wildman–Crippen MR) is 233 cm³/mol. The Balaban J connectivity index is 1.30. The van der Waals surface area contributed by atoms with Gasteiger partial charge < -0.3 is 13.2 Å². The van der Waals surface area contributed by atoms with E-state index in [1.165, 1.54) is 10.8 Å². The minimum Gasteiger partial charge on any atom is -0.455 e. The van der Waals surface area contributed by atoms with Crippen LogP contribution in [0.1, 0.15) is 0 Å². The first-order chi connectivity index (χ1) is 28.3. The molecule has 57 heavy (non-hydrogen) atoms. The highest BCUT2D eigenvalue weighted by Crippen LogP contribution is 2.46. The lowest BCUT2D eigenvalue weighted by Gasteiger charge is -2.13. The van der Waals surface area contributed by atoms with Gasteiger partial charge in [0.15, 0.2) is 17.5 Å². The van der Waals surface area contributed by atoms with Crippen molar-refractivity contribution in [3.05, 3.63) is 176 Å². The third-order valence-electron chi connectivity index (χ3n) is 11.7. The summed E-state index contributed by atoms with van der Waals surface area (Å²) < 4.78 is 11.8. The van der Waals surface area contributed by atoms with E-state index in [2.05, 4.69) is 142 Å². The second kappa shape index (κ2) is 11.4. The molecule has 13 aromatic rings. The molecule has 0 aliphatic heterocycles. The van der Waals surface area contributed by atoms with Gasteiger partial charge in [-0.05, 0) is 42.5 Å². The van der Waals surface area contributed by atoms with Crippen molar-refractivity contribution in [2.24, 2.45) is 0 Å². The molecule has 0 saturated heterocycles. The van der Waals surface area contributed by atoms with Gasteiger partial charge in [0.1, 0.15) is 11.2 Å². The van der Waals surface area contributed by atoms with Crippen LogP contribution in [0.25, 0.3) is 122 Å². The Bertz CT molecular complexity index is 3750. The molecule has 0 spiro atoms. The largest absolute Gasteiger partial charge is 0.455 e. The molecule has 0 saturated carbocycles. The lowest BCUT2D eigenvalue weighted by atomic mass is 9.99. The summed E-state index contributed by atoms with van der Waals surface area (Å²) in [5.74, 6) is 1.88. The minimum absolute atomic E-state index is 0.619. The third-order valence-corrected chi connectivity index (χ3v) is 11.7. The van der Waals surface area contributed by atoms with Gasteiger partial charge in [-0.25, -0.2) is 15.0 Å². The van der Waals surface area contributed by atoms with Crippen LogP contribution < -0.4 is 0 Å². The summed E-state index contributed by atoms with van der Waals surface area (Å²) in [6, 6.07) is 61.8. The van der Waals surface area contributed by atoms with Gasteiger partial charge in [0.25, 0.3) is 0 Å². The summed E-state index contributed by atoms with van der Waals surface area (Å²) >= 11 is 0. The fourth-order valence-corrected chi connectivity index (χ4v) is 9.32. The molecule has 0 bridgehead atoms. The molecule has 0 aliphatic rings. The van der Waals surface area contributed by atoms with E-state index in [1.54, 1.807) is 0 Å². The Morgan fingerprint density at radius 1 is 0.333 bits per heavy atom. The number of nitrogens with zero attached hydrogens (tertiary/aromatic N) is 5. The molecule has 0 unspecified atom stereocenters. The number of fused-ring (bicyclic) bond motifs is 14. The van der Waals surface area contributed by atoms with Gasteiger partial charge >= 0.3 is 0 Å². The summed E-state index contributed by atoms with van der Waals surface area (Å²) in [6.07, 6.45) is 0. The second-order valence-electron chi connectivity index (χ2n) is 14.7. The first kappa shape index (κ1) is 30.5. The molecule has 5 heterocycles. The van der Waals surface area contributed by atoms with Gasteiger partial charge in [-0.1, -0.05) is 133 Å². The van der Waals surface area contributed by atoms with Gasteiger partial charge in [-0.2, -0.15) is 0 Å². The quantitative estimate of drug-likeness (QED) is 0.182. The molecule has 8 aromatic carbocycles. The molecule has 0 amide bonds. The zero-order valence-electron chi connectivity index (χ0n) is 30.4. The number of aromatic nitrogens is 5. The number of hydrogen-bond acceptors (Lipinski definition) is 4. The van der Waals surface area contributed by atoms with Gasteiger partial charge in [0, 0.05) is 54.4 Å². The molecule has 0 atom stereocenters. The Morgan fingerprint density at radius 3 is 1.65 bits per heavy atom. The van der Waals surface area contributed by atoms with E-state index < -0.39 is 0 Å². The molecule has 13 rings (SSSR count). The number of hydrogen-bond donors (Lipinski definition) is 0. The van der Waals surface area contributed by atoms with Gasteiger partial charge in [0.2, 0.25) is 0 Å². The maximum Gasteiger partial charge on any atom is 0.164 e. The lowest BCUT2D eigenvalue weighted by Crippen LogP contribution is -2.00. The van der Waals surface area contributed by atoms with Crippen molar-refractivity contribution >= 4 is 87.4 Å². The zero-order chi connectivity index (χ0) is 37.2. The molecule has 0 radical (unpaired) electrons. The Labute approximate surface area is 324 Å². The standard InChI is InChI=1S/C51H29N5O/c1-3-14-30(15-4-1)49-52-50(31-16-5-2-6-17-31)54-51(53-49)38-27-26-37-45-41(29-28-35-33-19-9-12-25-43(33)57-48(35)45)55-39-22-10-7-18-32(39)34-21-13-24-42(46(34)55)56-40-23-11-8-20-36(40)44(38)47(37)56/h1-29H. The fraction of sp³-hybridized carbons (Fsp3) is 0. The van der Waals surface area contributed by atoms with Crippen LogP contribution in [0.2, 0.25) is 0 Å². The lowest BCUT2D eigenvalue weighted by molar-refractivity contribution is 0.673. The number of para-hydroxylation sites is 4. The summed E-state index contributed by atoms with van der Waals surface area (Å²) in [5.41, 5.74) is 11.2. The Morgan fingerprint density at radius 2 is 0.895 bits per heavy atom. The van der Waals surface area contributed by atoms with E-state index in [0.717, 1.165) is 93.3 Å². The number of benzene rings is 8. The second-order valence-corrected chi connectivity index (χ2v) is 14.7. The zero-order valence-corrected chi connectivity index (χ0v) is 30.4. The molecule has 0 aliphatic carbocycles. The van der Waals surface area contributed by atoms with E-state index in [-0.39, 0.29) is 0 Å². The van der Waals surface area contributed by atoms with E-state index in [0.29, 0.717) is 17.5 Å². The number of rotatable bonds is 3. The number of furan rings is 1. The SMILES string of the molecule is c1ccc(-c2nc(-c3ccccc3)nc(-c3ccc4c5c6oc7ccccc7c6ccc5n5c6ccccc6c6cccc(c65)n5c6ccccc6c3c45)n2)cc1. The maximum absolute atomic E-state index is 6.93. The normalized spacial score (nSPS) is 12.2. The van der Waals surface area contributed by atoms with Crippen molar-refractivity contribution in [2.75, 3.05) is 0 Å². The van der Waals surface area contributed by atoms with Gasteiger partial charge in [-0.15, -0.1) is 0 Å². The van der Waals surface area contributed by atoms with Crippen molar-refractivity contribution in [2.45, 2.75) is 0 Å². The van der Waals surface area contributed by atoms with Crippen molar-refractivity contribution in [3.8, 4) is 34.2 Å². The average molecular weight is 728 g/mol. The molecule has 264 valence electrons. The molecular weight excluding hydrogens is 699 g/mol. The highest BCUT2D eigenvalue weighted by atomic mass is 16.3. The van der Waals surface area contributed by atoms with Crippen LogP contribution in [-0.4, -0.2) is 23.8 Å². The van der Waals surface area contributed by atoms with Crippen molar-refractivity contribution in [3.63, 3.8) is 0 Å². The summed E-state index contributed by atoms with van der Waals surface area (Å²) in [4.78, 5) is 15.5. The van der Waals surface area contributed by atoms with E-state index in [1.807, 2.05) is 42.5 Å². The summed E-state index contributed by atoms with van der Waals surface area (Å²) in [7, 11) is 0. The Hall–Kier alpha value is -7.83. The Kier molecular flexibility index (Phi) is 6.07. The monoisotopic (exact) mass is 727 g/mol.